The average molecular weight is 234 g/mol. The summed E-state index contributed by atoms with van der Waals surface area (Å²) in [6.45, 7) is 2.15. The summed E-state index contributed by atoms with van der Waals surface area (Å²) in [5.41, 5.74) is 11.7. The summed E-state index contributed by atoms with van der Waals surface area (Å²) >= 11 is 0. The lowest BCUT2D eigenvalue weighted by Crippen LogP contribution is -2.44. The first-order valence-corrected chi connectivity index (χ1v) is 5.90. The Kier molecular flexibility index (Phi) is 2.92. The maximum Gasteiger partial charge on any atom is 0.250 e. The molecule has 1 amide bonds. The number of carbonyl (C=O) groups is 1. The van der Waals surface area contributed by atoms with Gasteiger partial charge in [-0.2, -0.15) is 0 Å². The van der Waals surface area contributed by atoms with Crippen LogP contribution in [0.1, 0.15) is 43.0 Å². The molecule has 0 spiro atoms. The van der Waals surface area contributed by atoms with Gasteiger partial charge in [-0.15, -0.1) is 0 Å². The normalized spacial score (nSPS) is 17.2. The van der Waals surface area contributed by atoms with Crippen molar-refractivity contribution < 1.29 is 4.79 Å². The smallest absolute Gasteiger partial charge is 0.250 e. The molecule has 0 aromatic carbocycles. The fourth-order valence-corrected chi connectivity index (χ4v) is 2.19. The van der Waals surface area contributed by atoms with E-state index in [0.717, 1.165) is 19.3 Å². The third-order valence-electron chi connectivity index (χ3n) is 3.58. The average Bonchev–Trinajstić information content (AvgIpc) is 2.25. The summed E-state index contributed by atoms with van der Waals surface area (Å²) in [6, 6.07) is 1.63. The number of aromatic nitrogens is 1. The predicted molar refractivity (Wildman–Crippen MR) is 67.7 cm³/mol. The molecule has 1 aliphatic carbocycles. The molecule has 0 bridgehead atoms. The maximum atomic E-state index is 11.2. The number of amides is 1. The molecule has 1 aliphatic rings. The Labute approximate surface area is 101 Å². The second-order valence-electron chi connectivity index (χ2n) is 4.63. The van der Waals surface area contributed by atoms with Gasteiger partial charge in [0.2, 0.25) is 0 Å². The van der Waals surface area contributed by atoms with E-state index in [2.05, 4.69) is 17.2 Å². The van der Waals surface area contributed by atoms with Crippen LogP contribution in [0.2, 0.25) is 0 Å². The quantitative estimate of drug-likeness (QED) is 0.736. The monoisotopic (exact) mass is 234 g/mol. The van der Waals surface area contributed by atoms with Gasteiger partial charge in [0.1, 0.15) is 5.82 Å². The van der Waals surface area contributed by atoms with E-state index >= 15 is 0 Å². The molecular formula is C12H18N4O. The van der Waals surface area contributed by atoms with Gasteiger partial charge >= 0.3 is 0 Å². The van der Waals surface area contributed by atoms with Crippen LogP contribution < -0.4 is 16.8 Å². The maximum absolute atomic E-state index is 11.2. The van der Waals surface area contributed by atoms with E-state index in [1.807, 2.05) is 0 Å². The summed E-state index contributed by atoms with van der Waals surface area (Å²) < 4.78 is 0. The van der Waals surface area contributed by atoms with Gasteiger partial charge in [-0.3, -0.25) is 4.79 Å². The first-order valence-electron chi connectivity index (χ1n) is 5.90. The van der Waals surface area contributed by atoms with E-state index in [1.54, 1.807) is 6.07 Å². The number of primary amides is 1. The van der Waals surface area contributed by atoms with E-state index < -0.39 is 5.91 Å². The third-order valence-corrected chi connectivity index (χ3v) is 3.58. The zero-order valence-corrected chi connectivity index (χ0v) is 9.99. The second kappa shape index (κ2) is 4.24. The molecule has 1 saturated carbocycles. The number of hydrogen-bond acceptors (Lipinski definition) is 4. The van der Waals surface area contributed by atoms with E-state index in [4.69, 9.17) is 11.5 Å². The van der Waals surface area contributed by atoms with Crippen LogP contribution in [0, 0.1) is 0 Å². The molecule has 0 aliphatic heterocycles. The number of rotatable bonds is 4. The Morgan fingerprint density at radius 1 is 1.59 bits per heavy atom. The molecule has 0 unspecified atom stereocenters. The van der Waals surface area contributed by atoms with Crippen LogP contribution >= 0.6 is 0 Å². The van der Waals surface area contributed by atoms with Gasteiger partial charge in [-0.1, -0.05) is 6.92 Å². The first-order chi connectivity index (χ1) is 8.06. The molecule has 0 saturated heterocycles. The van der Waals surface area contributed by atoms with Crippen molar-refractivity contribution in [2.75, 3.05) is 11.1 Å². The van der Waals surface area contributed by atoms with Crippen LogP contribution in [0.25, 0.3) is 0 Å². The second-order valence-corrected chi connectivity index (χ2v) is 4.63. The predicted octanol–water partition coefficient (Wildman–Crippen LogP) is 1.51. The number of nitrogens with one attached hydrogen (secondary N) is 1. The van der Waals surface area contributed by atoms with Crippen LogP contribution in [0.5, 0.6) is 0 Å². The molecule has 1 aromatic rings. The zero-order valence-electron chi connectivity index (χ0n) is 9.99. The number of carbonyl (C=O) groups excluding carboxylic acids is 1. The standard InChI is InChI=1S/C12H18N4O/c1-2-12(4-3-5-12)16-10-6-8(11(14)17)9(13)7-15-10/h6-7H,2-5,13H2,1H3,(H2,14,17)(H,15,16). The van der Waals surface area contributed by atoms with Crippen molar-refractivity contribution in [3.63, 3.8) is 0 Å². The van der Waals surface area contributed by atoms with Gasteiger partial charge < -0.3 is 16.8 Å². The number of anilines is 2. The van der Waals surface area contributed by atoms with Gasteiger partial charge in [-0.05, 0) is 31.7 Å². The first kappa shape index (κ1) is 11.7. The zero-order chi connectivity index (χ0) is 12.5. The van der Waals surface area contributed by atoms with Crippen molar-refractivity contribution >= 4 is 17.4 Å². The Bertz CT molecular complexity index is 435. The lowest BCUT2D eigenvalue weighted by atomic mass is 9.75. The Balaban J connectivity index is 2.22. The van der Waals surface area contributed by atoms with Crippen molar-refractivity contribution in [3.05, 3.63) is 17.8 Å². The molecule has 1 heterocycles. The third kappa shape index (κ3) is 2.18. The molecule has 5 N–H and O–H groups in total. The van der Waals surface area contributed by atoms with Crippen LogP contribution in [0.15, 0.2) is 12.3 Å². The van der Waals surface area contributed by atoms with Crippen molar-refractivity contribution in [2.24, 2.45) is 5.73 Å². The minimum absolute atomic E-state index is 0.137. The molecule has 0 radical (unpaired) electrons. The van der Waals surface area contributed by atoms with Crippen LogP contribution in [0.3, 0.4) is 0 Å². The van der Waals surface area contributed by atoms with E-state index in [0.29, 0.717) is 17.1 Å². The Morgan fingerprint density at radius 3 is 2.76 bits per heavy atom. The van der Waals surface area contributed by atoms with Gasteiger partial charge in [0.05, 0.1) is 17.4 Å². The lowest BCUT2D eigenvalue weighted by Gasteiger charge is -2.42. The molecule has 92 valence electrons. The summed E-state index contributed by atoms with van der Waals surface area (Å²) in [5, 5.41) is 3.39. The molecule has 1 fully saturated rings. The Morgan fingerprint density at radius 2 is 2.29 bits per heavy atom. The minimum atomic E-state index is -0.521. The number of nitrogen functional groups attached to an aromatic ring is 1. The SMILES string of the molecule is CCC1(Nc2cc(C(N)=O)c(N)cn2)CCC1. The highest BCUT2D eigenvalue weighted by Crippen LogP contribution is 2.37. The molecule has 17 heavy (non-hydrogen) atoms. The van der Waals surface area contributed by atoms with Gasteiger partial charge in [-0.25, -0.2) is 4.98 Å². The molecular weight excluding hydrogens is 216 g/mol. The topological polar surface area (TPSA) is 94.0 Å². The number of nitrogens with zero attached hydrogens (tertiary/aromatic N) is 1. The van der Waals surface area contributed by atoms with Crippen molar-refractivity contribution in [1.29, 1.82) is 0 Å². The minimum Gasteiger partial charge on any atom is -0.397 e. The van der Waals surface area contributed by atoms with Gasteiger partial charge in [0.15, 0.2) is 0 Å². The lowest BCUT2D eigenvalue weighted by molar-refractivity contribution is 0.100. The van der Waals surface area contributed by atoms with Crippen molar-refractivity contribution in [3.8, 4) is 0 Å². The summed E-state index contributed by atoms with van der Waals surface area (Å²) in [6.07, 6.45) is 6.04. The summed E-state index contributed by atoms with van der Waals surface area (Å²) in [5.74, 6) is 0.154. The number of hydrogen-bond donors (Lipinski definition) is 3. The van der Waals surface area contributed by atoms with Gasteiger partial charge in [0.25, 0.3) is 5.91 Å². The molecule has 0 atom stereocenters. The number of pyridine rings is 1. The van der Waals surface area contributed by atoms with Crippen molar-refractivity contribution in [2.45, 2.75) is 38.1 Å². The van der Waals surface area contributed by atoms with E-state index in [9.17, 15) is 4.79 Å². The fourth-order valence-electron chi connectivity index (χ4n) is 2.19. The highest BCUT2D eigenvalue weighted by atomic mass is 16.1. The largest absolute Gasteiger partial charge is 0.397 e. The molecule has 5 nitrogen and oxygen atoms in total. The molecule has 1 aromatic heterocycles. The highest BCUT2D eigenvalue weighted by Gasteiger charge is 2.35. The van der Waals surface area contributed by atoms with Crippen molar-refractivity contribution in [1.82, 2.24) is 4.98 Å². The van der Waals surface area contributed by atoms with Crippen LogP contribution in [-0.2, 0) is 0 Å². The summed E-state index contributed by atoms with van der Waals surface area (Å²) in [4.78, 5) is 15.4. The molecule has 5 heteroatoms. The van der Waals surface area contributed by atoms with Crippen LogP contribution in [-0.4, -0.2) is 16.4 Å². The fraction of sp³-hybridized carbons (Fsp3) is 0.500. The molecule has 2 rings (SSSR count). The van der Waals surface area contributed by atoms with Gasteiger partial charge in [0, 0.05) is 5.54 Å². The highest BCUT2D eigenvalue weighted by molar-refractivity contribution is 5.98. The van der Waals surface area contributed by atoms with E-state index in [1.165, 1.54) is 12.6 Å². The van der Waals surface area contributed by atoms with E-state index in [-0.39, 0.29) is 5.54 Å². The number of nitrogens with two attached hydrogens (primary N) is 2. The van der Waals surface area contributed by atoms with Crippen LogP contribution in [0.4, 0.5) is 11.5 Å². The summed E-state index contributed by atoms with van der Waals surface area (Å²) in [7, 11) is 0. The Hall–Kier alpha value is -1.78.